The first-order chi connectivity index (χ1) is 13.9. The first-order valence-electron chi connectivity index (χ1n) is 9.71. The van der Waals surface area contributed by atoms with E-state index in [2.05, 4.69) is 15.3 Å². The number of rotatable bonds is 3. The fourth-order valence-corrected chi connectivity index (χ4v) is 4.98. The Kier molecular flexibility index (Phi) is 4.22. The van der Waals surface area contributed by atoms with Crippen molar-refractivity contribution in [3.8, 4) is 11.1 Å². The number of hydrogen-bond donors (Lipinski definition) is 3. The van der Waals surface area contributed by atoms with Gasteiger partial charge in [-0.3, -0.25) is 9.78 Å². The second kappa shape index (κ2) is 6.68. The van der Waals surface area contributed by atoms with Gasteiger partial charge in [-0.2, -0.15) is 0 Å². The maximum Gasteiger partial charge on any atom is 0.229 e. The number of aryl methyl sites for hydroxylation is 1. The fraction of sp³-hybridized carbons (Fsp3) is 0.318. The Hall–Kier alpha value is -2.70. The summed E-state index contributed by atoms with van der Waals surface area (Å²) in [5.74, 6) is 1.06. The second-order valence-electron chi connectivity index (χ2n) is 8.10. The smallest absolute Gasteiger partial charge is 0.229 e. The van der Waals surface area contributed by atoms with Gasteiger partial charge >= 0.3 is 0 Å². The van der Waals surface area contributed by atoms with Gasteiger partial charge in [0.25, 0.3) is 0 Å². The van der Waals surface area contributed by atoms with Crippen LogP contribution in [0.4, 0.5) is 11.5 Å². The SMILES string of the molecule is Cc1ccncc1-c1cc2cc(NC(=O)C3C4CC(O)CC43)ncc2c(N)c1Cl. The molecule has 0 saturated heterocycles. The molecule has 4 N–H and O–H groups in total. The molecule has 1 aromatic carbocycles. The Labute approximate surface area is 173 Å². The molecular weight excluding hydrogens is 388 g/mol. The summed E-state index contributed by atoms with van der Waals surface area (Å²) in [7, 11) is 0. The molecule has 5 rings (SSSR count). The highest BCUT2D eigenvalue weighted by atomic mass is 35.5. The van der Waals surface area contributed by atoms with E-state index >= 15 is 0 Å². The van der Waals surface area contributed by atoms with Crippen LogP contribution in [0.25, 0.3) is 21.9 Å². The van der Waals surface area contributed by atoms with Gasteiger partial charge in [0.1, 0.15) is 5.82 Å². The standard InChI is InChI=1S/C22H21ClN4O2/c1-10-2-3-25-8-16(10)15-4-11-5-18(26-9-17(11)21(24)20(15)23)27-22(29)19-13-6-12(28)7-14(13)19/h2-5,8-9,12-14,19,28H,6-7,24H2,1H3,(H,26,27,29). The molecule has 29 heavy (non-hydrogen) atoms. The van der Waals surface area contributed by atoms with Crippen molar-refractivity contribution in [2.24, 2.45) is 17.8 Å². The highest BCUT2D eigenvalue weighted by Crippen LogP contribution is 2.57. The van der Waals surface area contributed by atoms with Gasteiger partial charge in [0.2, 0.25) is 5.91 Å². The molecule has 2 aromatic heterocycles. The van der Waals surface area contributed by atoms with Crippen LogP contribution in [0.2, 0.25) is 5.02 Å². The van der Waals surface area contributed by atoms with E-state index in [0.29, 0.717) is 28.4 Å². The molecule has 0 radical (unpaired) electrons. The maximum atomic E-state index is 12.6. The first kappa shape index (κ1) is 18.3. The van der Waals surface area contributed by atoms with Crippen molar-refractivity contribution in [1.82, 2.24) is 9.97 Å². The van der Waals surface area contributed by atoms with E-state index in [1.807, 2.05) is 25.1 Å². The van der Waals surface area contributed by atoms with Crippen LogP contribution in [0.1, 0.15) is 18.4 Å². The van der Waals surface area contributed by atoms with Gasteiger partial charge in [-0.25, -0.2) is 4.98 Å². The van der Waals surface area contributed by atoms with Crippen molar-refractivity contribution in [1.29, 1.82) is 0 Å². The zero-order chi connectivity index (χ0) is 20.3. The normalized spacial score (nSPS) is 25.1. The van der Waals surface area contributed by atoms with Gasteiger partial charge in [-0.1, -0.05) is 11.6 Å². The minimum absolute atomic E-state index is 0.0141. The van der Waals surface area contributed by atoms with Crippen molar-refractivity contribution in [3.05, 3.63) is 47.4 Å². The number of nitrogens with zero attached hydrogens (tertiary/aromatic N) is 2. The summed E-state index contributed by atoms with van der Waals surface area (Å²) in [5.41, 5.74) is 9.51. The predicted molar refractivity (Wildman–Crippen MR) is 113 cm³/mol. The van der Waals surface area contributed by atoms with Crippen LogP contribution in [-0.4, -0.2) is 27.1 Å². The molecule has 2 heterocycles. The fourth-order valence-electron chi connectivity index (χ4n) is 4.72. The highest BCUT2D eigenvalue weighted by Gasteiger charge is 2.59. The number of amides is 1. The van der Waals surface area contributed by atoms with E-state index in [9.17, 15) is 9.90 Å². The Balaban J connectivity index is 1.47. The van der Waals surface area contributed by atoms with Crippen LogP contribution >= 0.6 is 11.6 Å². The number of aliphatic hydroxyl groups excluding tert-OH is 1. The molecule has 0 bridgehead atoms. The summed E-state index contributed by atoms with van der Waals surface area (Å²) >= 11 is 6.55. The number of carbonyl (C=O) groups excluding carboxylic acids is 1. The van der Waals surface area contributed by atoms with Gasteiger partial charge in [-0.15, -0.1) is 0 Å². The van der Waals surface area contributed by atoms with Crippen molar-refractivity contribution >= 4 is 39.8 Å². The van der Waals surface area contributed by atoms with Crippen LogP contribution in [0, 0.1) is 24.7 Å². The molecule has 2 aliphatic rings. The largest absolute Gasteiger partial charge is 0.397 e. The molecule has 2 atom stereocenters. The number of carbonyl (C=O) groups is 1. The molecular formula is C22H21ClN4O2. The number of hydrogen-bond acceptors (Lipinski definition) is 5. The van der Waals surface area contributed by atoms with Gasteiger partial charge in [0, 0.05) is 41.0 Å². The molecule has 2 fully saturated rings. The Bertz CT molecular complexity index is 1140. The summed E-state index contributed by atoms with van der Waals surface area (Å²) in [4.78, 5) is 21.2. The number of aliphatic hydroxyl groups is 1. The predicted octanol–water partition coefficient (Wildman–Crippen LogP) is 3.80. The first-order valence-corrected chi connectivity index (χ1v) is 10.1. The molecule has 3 aromatic rings. The zero-order valence-electron chi connectivity index (χ0n) is 15.9. The summed E-state index contributed by atoms with van der Waals surface area (Å²) in [6, 6.07) is 5.70. The summed E-state index contributed by atoms with van der Waals surface area (Å²) < 4.78 is 0. The Morgan fingerprint density at radius 3 is 2.72 bits per heavy atom. The van der Waals surface area contributed by atoms with Crippen molar-refractivity contribution < 1.29 is 9.90 Å². The van der Waals surface area contributed by atoms with E-state index in [4.69, 9.17) is 17.3 Å². The average molecular weight is 409 g/mol. The van der Waals surface area contributed by atoms with Crippen molar-refractivity contribution in [2.75, 3.05) is 11.1 Å². The maximum absolute atomic E-state index is 12.6. The number of halogens is 1. The average Bonchev–Trinajstić information content (AvgIpc) is 3.22. The van der Waals surface area contributed by atoms with Gasteiger partial charge in [0.05, 0.1) is 16.8 Å². The molecule has 6 nitrogen and oxygen atoms in total. The minimum atomic E-state index is -0.255. The monoisotopic (exact) mass is 408 g/mol. The van der Waals surface area contributed by atoms with E-state index in [0.717, 1.165) is 40.3 Å². The highest BCUT2D eigenvalue weighted by molar-refractivity contribution is 6.37. The van der Waals surface area contributed by atoms with E-state index in [-0.39, 0.29) is 17.9 Å². The number of nitrogen functional groups attached to an aromatic ring is 1. The van der Waals surface area contributed by atoms with Gasteiger partial charge in [0.15, 0.2) is 0 Å². The third-order valence-electron chi connectivity index (χ3n) is 6.30. The number of benzene rings is 1. The van der Waals surface area contributed by atoms with Gasteiger partial charge < -0.3 is 16.2 Å². The number of anilines is 2. The molecule has 0 spiro atoms. The third kappa shape index (κ3) is 3.03. The topological polar surface area (TPSA) is 101 Å². The lowest BCUT2D eigenvalue weighted by Gasteiger charge is -2.14. The second-order valence-corrected chi connectivity index (χ2v) is 8.48. The number of aromatic nitrogens is 2. The summed E-state index contributed by atoms with van der Waals surface area (Å²) in [5, 5.41) is 14.6. The van der Waals surface area contributed by atoms with Crippen LogP contribution in [0.15, 0.2) is 36.8 Å². The molecule has 2 saturated carbocycles. The number of pyridine rings is 2. The molecule has 1 amide bonds. The lowest BCUT2D eigenvalue weighted by atomic mass is 9.99. The number of nitrogens with one attached hydrogen (secondary N) is 1. The van der Waals surface area contributed by atoms with Crippen LogP contribution in [0.5, 0.6) is 0 Å². The van der Waals surface area contributed by atoms with Crippen molar-refractivity contribution in [2.45, 2.75) is 25.9 Å². The van der Waals surface area contributed by atoms with Gasteiger partial charge in [-0.05, 0) is 60.7 Å². The van der Waals surface area contributed by atoms with Crippen molar-refractivity contribution in [3.63, 3.8) is 0 Å². The quantitative estimate of drug-likeness (QED) is 0.572. The molecule has 2 aliphatic carbocycles. The zero-order valence-corrected chi connectivity index (χ0v) is 16.6. The Morgan fingerprint density at radius 2 is 2.00 bits per heavy atom. The molecule has 7 heteroatoms. The van der Waals surface area contributed by atoms with E-state index in [1.165, 1.54) is 0 Å². The number of fused-ring (bicyclic) bond motifs is 2. The summed E-state index contributed by atoms with van der Waals surface area (Å²) in [6.07, 6.45) is 6.33. The molecule has 2 unspecified atom stereocenters. The molecule has 148 valence electrons. The van der Waals surface area contributed by atoms with Crippen LogP contribution in [0.3, 0.4) is 0 Å². The van der Waals surface area contributed by atoms with E-state index < -0.39 is 0 Å². The lowest BCUT2D eigenvalue weighted by Crippen LogP contribution is -2.19. The minimum Gasteiger partial charge on any atom is -0.397 e. The van der Waals surface area contributed by atoms with E-state index in [1.54, 1.807) is 18.6 Å². The lowest BCUT2D eigenvalue weighted by molar-refractivity contribution is -0.118. The third-order valence-corrected chi connectivity index (χ3v) is 6.71. The summed E-state index contributed by atoms with van der Waals surface area (Å²) in [6.45, 7) is 2.00. The van der Waals surface area contributed by atoms with Crippen LogP contribution in [-0.2, 0) is 4.79 Å². The van der Waals surface area contributed by atoms with Crippen LogP contribution < -0.4 is 11.1 Å². The number of nitrogens with two attached hydrogens (primary N) is 1. The molecule has 0 aliphatic heterocycles. The Morgan fingerprint density at radius 1 is 1.24 bits per heavy atom.